The quantitative estimate of drug-likeness (QED) is 0.861. The highest BCUT2D eigenvalue weighted by molar-refractivity contribution is 7.15. The first-order valence-corrected chi connectivity index (χ1v) is 6.21. The first-order valence-electron chi connectivity index (χ1n) is 5.40. The Balaban J connectivity index is 2.01. The van der Waals surface area contributed by atoms with E-state index in [0.717, 1.165) is 29.5 Å². The number of rotatable bonds is 4. The molecule has 0 fully saturated rings. The van der Waals surface area contributed by atoms with Gasteiger partial charge >= 0.3 is 0 Å². The number of nitrogen functional groups attached to an aromatic ring is 1. The topological polar surface area (TPSA) is 76.7 Å². The average molecular weight is 249 g/mol. The molecule has 0 aliphatic rings. The molecule has 0 radical (unpaired) electrons. The summed E-state index contributed by atoms with van der Waals surface area (Å²) in [6.45, 7) is 1.92. The monoisotopic (exact) mass is 249 g/mol. The first kappa shape index (κ1) is 11.8. The van der Waals surface area contributed by atoms with Crippen molar-refractivity contribution in [2.75, 3.05) is 18.1 Å². The Morgan fingerprint density at radius 3 is 2.82 bits per heavy atom. The van der Waals surface area contributed by atoms with Crippen LogP contribution >= 0.6 is 11.3 Å². The number of nitrogens with two attached hydrogens (primary N) is 1. The number of nitrogens with one attached hydrogen (secondary N) is 1. The van der Waals surface area contributed by atoms with Crippen molar-refractivity contribution in [2.24, 2.45) is 0 Å². The number of anilines is 2. The lowest BCUT2D eigenvalue weighted by Crippen LogP contribution is -2.02. The smallest absolute Gasteiger partial charge is 0.182 e. The van der Waals surface area contributed by atoms with Crippen LogP contribution in [0.4, 0.5) is 10.9 Å². The summed E-state index contributed by atoms with van der Waals surface area (Å²) in [7, 11) is 1.87. The number of aromatic nitrogens is 3. The molecule has 0 aliphatic carbocycles. The van der Waals surface area contributed by atoms with Gasteiger partial charge < -0.3 is 11.1 Å². The van der Waals surface area contributed by atoms with E-state index in [4.69, 9.17) is 5.73 Å². The van der Waals surface area contributed by atoms with E-state index in [9.17, 15) is 0 Å². The molecule has 0 unspecified atom stereocenters. The molecule has 0 amide bonds. The van der Waals surface area contributed by atoms with Gasteiger partial charge in [0, 0.05) is 36.3 Å². The lowest BCUT2D eigenvalue weighted by molar-refractivity contribution is 0.857. The van der Waals surface area contributed by atoms with Crippen molar-refractivity contribution in [1.82, 2.24) is 15.0 Å². The summed E-state index contributed by atoms with van der Waals surface area (Å²) in [5.74, 6) is 1.33. The molecule has 90 valence electrons. The molecule has 6 heteroatoms. The fourth-order valence-corrected chi connectivity index (χ4v) is 2.31. The zero-order valence-corrected chi connectivity index (χ0v) is 10.7. The fraction of sp³-hybridized carbons (Fsp3) is 0.364. The van der Waals surface area contributed by atoms with Gasteiger partial charge in [-0.1, -0.05) is 0 Å². The van der Waals surface area contributed by atoms with Crippen molar-refractivity contribution in [1.29, 1.82) is 0 Å². The van der Waals surface area contributed by atoms with Gasteiger partial charge in [-0.2, -0.15) is 0 Å². The number of aryl methyl sites for hydroxylation is 3. The van der Waals surface area contributed by atoms with Gasteiger partial charge in [0.2, 0.25) is 0 Å². The maximum absolute atomic E-state index is 5.68. The lowest BCUT2D eigenvalue weighted by atomic mass is 10.2. The second-order valence-corrected chi connectivity index (χ2v) is 4.85. The normalized spacial score (nSPS) is 10.5. The highest BCUT2D eigenvalue weighted by Gasteiger charge is 2.04. The minimum Gasteiger partial charge on any atom is -0.384 e. The Hall–Kier alpha value is -1.69. The molecule has 2 aromatic heterocycles. The third-order valence-electron chi connectivity index (χ3n) is 2.28. The van der Waals surface area contributed by atoms with Crippen molar-refractivity contribution < 1.29 is 0 Å². The molecule has 0 saturated carbocycles. The van der Waals surface area contributed by atoms with Crippen LogP contribution in [-0.2, 0) is 12.8 Å². The molecular weight excluding hydrogens is 234 g/mol. The Morgan fingerprint density at radius 1 is 1.35 bits per heavy atom. The summed E-state index contributed by atoms with van der Waals surface area (Å²) in [6, 6.07) is 1.77. The number of thiazole rings is 1. The molecule has 2 heterocycles. The summed E-state index contributed by atoms with van der Waals surface area (Å²) < 4.78 is 0. The van der Waals surface area contributed by atoms with Crippen LogP contribution in [0.25, 0.3) is 0 Å². The van der Waals surface area contributed by atoms with Crippen molar-refractivity contribution in [3.8, 4) is 0 Å². The van der Waals surface area contributed by atoms with Crippen molar-refractivity contribution in [3.05, 3.63) is 28.7 Å². The van der Waals surface area contributed by atoms with Gasteiger partial charge in [-0.3, -0.25) is 0 Å². The summed E-state index contributed by atoms with van der Waals surface area (Å²) in [5, 5.41) is 3.95. The molecule has 2 aromatic rings. The predicted octanol–water partition coefficient (Wildman–Crippen LogP) is 1.65. The minimum atomic E-state index is 0.535. The summed E-state index contributed by atoms with van der Waals surface area (Å²) >= 11 is 1.65. The molecular formula is C11H15N5S. The summed E-state index contributed by atoms with van der Waals surface area (Å²) in [5.41, 5.74) is 6.59. The van der Waals surface area contributed by atoms with Crippen molar-refractivity contribution >= 4 is 22.3 Å². The van der Waals surface area contributed by atoms with E-state index in [1.54, 1.807) is 17.4 Å². The van der Waals surface area contributed by atoms with Gasteiger partial charge in [0.1, 0.15) is 11.6 Å². The van der Waals surface area contributed by atoms with E-state index in [1.165, 1.54) is 4.88 Å². The zero-order valence-electron chi connectivity index (χ0n) is 9.90. The second-order valence-electron chi connectivity index (χ2n) is 3.73. The Kier molecular flexibility index (Phi) is 3.53. The van der Waals surface area contributed by atoms with E-state index in [2.05, 4.69) is 20.3 Å². The summed E-state index contributed by atoms with van der Waals surface area (Å²) in [6.07, 6.45) is 3.56. The average Bonchev–Trinajstić information content (AvgIpc) is 2.73. The van der Waals surface area contributed by atoms with E-state index in [0.29, 0.717) is 5.82 Å². The van der Waals surface area contributed by atoms with E-state index in [1.807, 2.05) is 20.2 Å². The Labute approximate surface area is 104 Å². The maximum atomic E-state index is 5.68. The number of hydrogen-bond acceptors (Lipinski definition) is 6. The summed E-state index contributed by atoms with van der Waals surface area (Å²) in [4.78, 5) is 14.0. The molecule has 17 heavy (non-hydrogen) atoms. The highest BCUT2D eigenvalue weighted by atomic mass is 32.1. The first-order chi connectivity index (χ1) is 8.17. The molecule has 3 N–H and O–H groups in total. The molecule has 0 aliphatic heterocycles. The van der Waals surface area contributed by atoms with Crippen LogP contribution in [0.15, 0.2) is 12.3 Å². The van der Waals surface area contributed by atoms with Gasteiger partial charge in [-0.05, 0) is 13.3 Å². The van der Waals surface area contributed by atoms with E-state index >= 15 is 0 Å². The molecule has 0 bridgehead atoms. The van der Waals surface area contributed by atoms with Gasteiger partial charge in [0.25, 0.3) is 0 Å². The second kappa shape index (κ2) is 5.09. The zero-order chi connectivity index (χ0) is 12.3. The van der Waals surface area contributed by atoms with E-state index in [-0.39, 0.29) is 0 Å². The van der Waals surface area contributed by atoms with Crippen LogP contribution in [0, 0.1) is 6.92 Å². The van der Waals surface area contributed by atoms with Gasteiger partial charge in [-0.25, -0.2) is 15.0 Å². The molecule has 0 saturated heterocycles. The SMILES string of the molecule is CNc1ncc(CCc2nc(C)cc(N)n2)s1. The Morgan fingerprint density at radius 2 is 2.18 bits per heavy atom. The molecule has 0 atom stereocenters. The van der Waals surface area contributed by atoms with E-state index < -0.39 is 0 Å². The van der Waals surface area contributed by atoms with Gasteiger partial charge in [0.05, 0.1) is 0 Å². The third kappa shape index (κ3) is 3.13. The Bertz CT molecular complexity index is 488. The van der Waals surface area contributed by atoms with Gasteiger partial charge in [-0.15, -0.1) is 11.3 Å². The van der Waals surface area contributed by atoms with Gasteiger partial charge in [0.15, 0.2) is 5.13 Å². The van der Waals surface area contributed by atoms with Crippen molar-refractivity contribution in [3.63, 3.8) is 0 Å². The number of hydrogen-bond donors (Lipinski definition) is 2. The van der Waals surface area contributed by atoms with Crippen LogP contribution in [0.3, 0.4) is 0 Å². The largest absolute Gasteiger partial charge is 0.384 e. The van der Waals surface area contributed by atoms with Crippen LogP contribution in [0.2, 0.25) is 0 Å². The fourth-order valence-electron chi connectivity index (χ4n) is 1.54. The highest BCUT2D eigenvalue weighted by Crippen LogP contribution is 2.18. The minimum absolute atomic E-state index is 0.535. The van der Waals surface area contributed by atoms with Crippen LogP contribution in [0.5, 0.6) is 0 Å². The molecule has 5 nitrogen and oxygen atoms in total. The standard InChI is InChI=1S/C11H15N5S/c1-7-5-9(12)16-10(15-7)4-3-8-6-14-11(13-2)17-8/h5-6H,3-4H2,1-2H3,(H,13,14)(H2,12,15,16). The lowest BCUT2D eigenvalue weighted by Gasteiger charge is -2.01. The molecule has 0 spiro atoms. The van der Waals surface area contributed by atoms with Crippen LogP contribution in [0.1, 0.15) is 16.4 Å². The molecule has 0 aromatic carbocycles. The predicted molar refractivity (Wildman–Crippen MR) is 70.3 cm³/mol. The molecule has 2 rings (SSSR count). The van der Waals surface area contributed by atoms with Crippen molar-refractivity contribution in [2.45, 2.75) is 19.8 Å². The maximum Gasteiger partial charge on any atom is 0.182 e. The van der Waals surface area contributed by atoms with Crippen LogP contribution < -0.4 is 11.1 Å². The number of nitrogens with zero attached hydrogens (tertiary/aromatic N) is 3. The third-order valence-corrected chi connectivity index (χ3v) is 3.36. The van der Waals surface area contributed by atoms with Crippen LogP contribution in [-0.4, -0.2) is 22.0 Å².